The molecule has 0 saturated heterocycles. The Bertz CT molecular complexity index is 715. The maximum atomic E-state index is 13.0. The van der Waals surface area contributed by atoms with E-state index in [4.69, 9.17) is 10.5 Å². The van der Waals surface area contributed by atoms with Gasteiger partial charge in [0, 0.05) is 51.2 Å². The van der Waals surface area contributed by atoms with E-state index in [9.17, 15) is 9.59 Å². The summed E-state index contributed by atoms with van der Waals surface area (Å²) in [6.07, 6.45) is 3.45. The quantitative estimate of drug-likeness (QED) is 0.822. The first kappa shape index (κ1) is 18.1. The standard InChI is InChI=1S/C18H28N4O3/c1-11-20-15-7-9-22(8-6-13(15)18(24)21(11)2)17(23)12-4-5-14(19)16(10-12)25-3/h12,14,16H,4-10,19H2,1-3H3/t12-,14+,16+/m0/s1. The zero-order chi connectivity index (χ0) is 18.1. The van der Waals surface area contributed by atoms with E-state index in [1.807, 2.05) is 11.8 Å². The number of methoxy groups -OCH3 is 1. The van der Waals surface area contributed by atoms with Gasteiger partial charge in [0.2, 0.25) is 5.91 Å². The van der Waals surface area contributed by atoms with Crippen LogP contribution in [0.5, 0.6) is 0 Å². The van der Waals surface area contributed by atoms with Gasteiger partial charge in [-0.25, -0.2) is 4.98 Å². The molecule has 2 N–H and O–H groups in total. The third-order valence-electron chi connectivity index (χ3n) is 5.75. The van der Waals surface area contributed by atoms with E-state index in [-0.39, 0.29) is 29.5 Å². The summed E-state index contributed by atoms with van der Waals surface area (Å²) in [5.41, 5.74) is 7.67. The number of nitrogens with zero attached hydrogens (tertiary/aromatic N) is 3. The molecule has 25 heavy (non-hydrogen) atoms. The number of rotatable bonds is 2. The van der Waals surface area contributed by atoms with Crippen molar-refractivity contribution in [2.24, 2.45) is 18.7 Å². The molecular formula is C18H28N4O3. The highest BCUT2D eigenvalue weighted by molar-refractivity contribution is 5.79. The summed E-state index contributed by atoms with van der Waals surface area (Å²) in [7, 11) is 3.40. The maximum Gasteiger partial charge on any atom is 0.256 e. The second-order valence-electron chi connectivity index (χ2n) is 7.22. The molecule has 0 bridgehead atoms. The largest absolute Gasteiger partial charge is 0.380 e. The molecule has 0 aromatic carbocycles. The molecule has 0 spiro atoms. The molecule has 7 heteroatoms. The number of fused-ring (bicyclic) bond motifs is 1. The molecule has 1 aliphatic carbocycles. The molecule has 138 valence electrons. The molecule has 0 radical (unpaired) electrons. The molecule has 1 fully saturated rings. The normalized spacial score (nSPS) is 26.9. The Labute approximate surface area is 148 Å². The zero-order valence-corrected chi connectivity index (χ0v) is 15.3. The van der Waals surface area contributed by atoms with E-state index in [0.29, 0.717) is 38.2 Å². The first-order valence-electron chi connectivity index (χ1n) is 9.05. The van der Waals surface area contributed by atoms with E-state index in [0.717, 1.165) is 24.1 Å². The summed E-state index contributed by atoms with van der Waals surface area (Å²) in [5.74, 6) is 0.839. The number of carbonyl (C=O) groups is 1. The molecule has 1 aromatic heterocycles. The van der Waals surface area contributed by atoms with Crippen LogP contribution in [0.2, 0.25) is 0 Å². The van der Waals surface area contributed by atoms with E-state index < -0.39 is 0 Å². The molecular weight excluding hydrogens is 320 g/mol. The number of nitrogens with two attached hydrogens (primary N) is 1. The van der Waals surface area contributed by atoms with E-state index in [1.165, 1.54) is 0 Å². The van der Waals surface area contributed by atoms with Gasteiger partial charge in [0.25, 0.3) is 5.56 Å². The third-order valence-corrected chi connectivity index (χ3v) is 5.75. The van der Waals surface area contributed by atoms with Gasteiger partial charge in [0.05, 0.1) is 11.8 Å². The fourth-order valence-corrected chi connectivity index (χ4v) is 3.99. The van der Waals surface area contributed by atoms with Crippen LogP contribution in [-0.2, 0) is 29.4 Å². The summed E-state index contributed by atoms with van der Waals surface area (Å²) in [6, 6.07) is 0.0117. The number of ether oxygens (including phenoxy) is 1. The second kappa shape index (κ2) is 7.25. The highest BCUT2D eigenvalue weighted by Gasteiger charge is 2.35. The van der Waals surface area contributed by atoms with Crippen LogP contribution in [0.15, 0.2) is 4.79 Å². The fraction of sp³-hybridized carbons (Fsp3) is 0.722. The number of hydrogen-bond donors (Lipinski definition) is 1. The van der Waals surface area contributed by atoms with E-state index >= 15 is 0 Å². The molecule has 7 nitrogen and oxygen atoms in total. The average molecular weight is 348 g/mol. The lowest BCUT2D eigenvalue weighted by atomic mass is 9.83. The molecule has 2 aliphatic rings. The lowest BCUT2D eigenvalue weighted by Gasteiger charge is -2.35. The van der Waals surface area contributed by atoms with Crippen molar-refractivity contribution < 1.29 is 9.53 Å². The van der Waals surface area contributed by atoms with Crippen molar-refractivity contribution in [3.8, 4) is 0 Å². The minimum atomic E-state index is -0.0523. The van der Waals surface area contributed by atoms with Crippen molar-refractivity contribution in [3.05, 3.63) is 27.4 Å². The Morgan fingerprint density at radius 3 is 2.72 bits per heavy atom. The summed E-state index contributed by atoms with van der Waals surface area (Å²) in [4.78, 5) is 31.9. The molecule has 2 heterocycles. The van der Waals surface area contributed by atoms with Crippen molar-refractivity contribution in [1.29, 1.82) is 0 Å². The van der Waals surface area contributed by atoms with Gasteiger partial charge >= 0.3 is 0 Å². The number of aryl methyl sites for hydroxylation is 1. The number of aromatic nitrogens is 2. The van der Waals surface area contributed by atoms with Crippen molar-refractivity contribution in [2.75, 3.05) is 20.2 Å². The van der Waals surface area contributed by atoms with Gasteiger partial charge in [-0.2, -0.15) is 0 Å². The van der Waals surface area contributed by atoms with Crippen molar-refractivity contribution in [1.82, 2.24) is 14.5 Å². The Hall–Kier alpha value is -1.73. The zero-order valence-electron chi connectivity index (χ0n) is 15.3. The minimum absolute atomic E-state index is 0.0117. The van der Waals surface area contributed by atoms with Crippen LogP contribution in [0.25, 0.3) is 0 Å². The van der Waals surface area contributed by atoms with Crippen LogP contribution in [0.1, 0.15) is 36.3 Å². The minimum Gasteiger partial charge on any atom is -0.380 e. The molecule has 1 aromatic rings. The van der Waals surface area contributed by atoms with Crippen molar-refractivity contribution in [2.45, 2.75) is 51.2 Å². The molecule has 3 rings (SSSR count). The maximum absolute atomic E-state index is 13.0. The lowest BCUT2D eigenvalue weighted by molar-refractivity contribution is -0.138. The molecule has 3 atom stereocenters. The highest BCUT2D eigenvalue weighted by Crippen LogP contribution is 2.27. The first-order chi connectivity index (χ1) is 11.9. The van der Waals surface area contributed by atoms with Crippen molar-refractivity contribution >= 4 is 5.91 Å². The van der Waals surface area contributed by atoms with Gasteiger partial charge < -0.3 is 15.4 Å². The summed E-state index contributed by atoms with van der Waals surface area (Å²) >= 11 is 0. The molecule has 0 unspecified atom stereocenters. The Morgan fingerprint density at radius 2 is 2.00 bits per heavy atom. The molecule has 1 aliphatic heterocycles. The van der Waals surface area contributed by atoms with Crippen LogP contribution in [0, 0.1) is 12.8 Å². The van der Waals surface area contributed by atoms with Gasteiger partial charge in [-0.05, 0) is 32.6 Å². The lowest BCUT2D eigenvalue weighted by Crippen LogP contribution is -2.47. The van der Waals surface area contributed by atoms with E-state index in [2.05, 4.69) is 4.98 Å². The van der Waals surface area contributed by atoms with Crippen LogP contribution < -0.4 is 11.3 Å². The summed E-state index contributed by atoms with van der Waals surface area (Å²) in [6.45, 7) is 3.03. The van der Waals surface area contributed by atoms with Gasteiger partial charge in [0.1, 0.15) is 5.82 Å². The van der Waals surface area contributed by atoms with E-state index in [1.54, 1.807) is 18.7 Å². The smallest absolute Gasteiger partial charge is 0.256 e. The fourth-order valence-electron chi connectivity index (χ4n) is 3.99. The average Bonchev–Trinajstić information content (AvgIpc) is 2.82. The third kappa shape index (κ3) is 3.48. The van der Waals surface area contributed by atoms with Gasteiger partial charge in [-0.3, -0.25) is 14.2 Å². The Kier molecular flexibility index (Phi) is 5.24. The Balaban J connectivity index is 1.73. The monoisotopic (exact) mass is 348 g/mol. The highest BCUT2D eigenvalue weighted by atomic mass is 16.5. The molecule has 1 amide bonds. The van der Waals surface area contributed by atoms with Crippen LogP contribution in [0.3, 0.4) is 0 Å². The summed E-state index contributed by atoms with van der Waals surface area (Å²) < 4.78 is 7.02. The van der Waals surface area contributed by atoms with Crippen LogP contribution in [0.4, 0.5) is 0 Å². The van der Waals surface area contributed by atoms with Crippen LogP contribution in [-0.4, -0.2) is 52.7 Å². The predicted octanol–water partition coefficient (Wildman–Crippen LogP) is 0.158. The molecule has 1 saturated carbocycles. The van der Waals surface area contributed by atoms with Crippen LogP contribution >= 0.6 is 0 Å². The number of hydrogen-bond acceptors (Lipinski definition) is 5. The Morgan fingerprint density at radius 1 is 1.28 bits per heavy atom. The van der Waals surface area contributed by atoms with Gasteiger partial charge in [-0.1, -0.05) is 0 Å². The first-order valence-corrected chi connectivity index (χ1v) is 9.05. The summed E-state index contributed by atoms with van der Waals surface area (Å²) in [5, 5.41) is 0. The number of carbonyl (C=O) groups excluding carboxylic acids is 1. The SMILES string of the molecule is CO[C@@H]1C[C@@H](C(=O)N2CCc3nc(C)n(C)c(=O)c3CC2)CC[C@H]1N. The predicted molar refractivity (Wildman–Crippen MR) is 94.3 cm³/mol. The number of amides is 1. The van der Waals surface area contributed by atoms with Crippen molar-refractivity contribution in [3.63, 3.8) is 0 Å². The topological polar surface area (TPSA) is 90.5 Å². The van der Waals surface area contributed by atoms with Gasteiger partial charge in [-0.15, -0.1) is 0 Å². The second-order valence-corrected chi connectivity index (χ2v) is 7.22. The van der Waals surface area contributed by atoms with Gasteiger partial charge in [0.15, 0.2) is 0 Å².